The molecule has 0 saturated carbocycles. The lowest BCUT2D eigenvalue weighted by Crippen LogP contribution is -2.16. The molecule has 1 aromatic heterocycles. The fourth-order valence-electron chi connectivity index (χ4n) is 1.73. The maximum Gasteiger partial charge on any atom is 0.358 e. The van der Waals surface area contributed by atoms with Crippen molar-refractivity contribution in [3.8, 4) is 0 Å². The van der Waals surface area contributed by atoms with Gasteiger partial charge in [0.05, 0.1) is 11.7 Å². The SMILES string of the molecule is Cc1c(C(=O)O)nnn1C1CCNC1. The minimum absolute atomic E-state index is 0.0527. The van der Waals surface area contributed by atoms with Crippen LogP contribution >= 0.6 is 0 Å². The number of carboxylic acid groups (broad SMARTS) is 1. The lowest BCUT2D eigenvalue weighted by atomic mass is 10.2. The predicted octanol–water partition coefficient (Wildman–Crippen LogP) is -0.181. The minimum Gasteiger partial charge on any atom is -0.476 e. The number of aromatic carboxylic acids is 1. The lowest BCUT2D eigenvalue weighted by Gasteiger charge is -2.09. The van der Waals surface area contributed by atoms with Crippen molar-refractivity contribution in [3.63, 3.8) is 0 Å². The number of nitrogens with one attached hydrogen (secondary N) is 1. The Hall–Kier alpha value is -1.43. The Morgan fingerprint density at radius 1 is 1.71 bits per heavy atom. The molecule has 0 bridgehead atoms. The van der Waals surface area contributed by atoms with Crippen LogP contribution in [-0.2, 0) is 0 Å². The summed E-state index contributed by atoms with van der Waals surface area (Å²) in [5.41, 5.74) is 0.683. The Kier molecular flexibility index (Phi) is 2.20. The summed E-state index contributed by atoms with van der Waals surface area (Å²) in [6.45, 7) is 3.53. The van der Waals surface area contributed by atoms with E-state index in [0.29, 0.717) is 5.69 Å². The van der Waals surface area contributed by atoms with Crippen molar-refractivity contribution in [1.29, 1.82) is 0 Å². The number of rotatable bonds is 2. The molecular formula is C8H12N4O2. The molecule has 1 aliphatic heterocycles. The maximum absolute atomic E-state index is 10.7. The minimum atomic E-state index is -1.01. The highest BCUT2D eigenvalue weighted by Gasteiger charge is 2.23. The fourth-order valence-corrected chi connectivity index (χ4v) is 1.73. The Balaban J connectivity index is 2.30. The molecule has 1 fully saturated rings. The van der Waals surface area contributed by atoms with Crippen LogP contribution in [0.15, 0.2) is 0 Å². The second-order valence-corrected chi connectivity index (χ2v) is 3.42. The van der Waals surface area contributed by atoms with Crippen molar-refractivity contribution in [2.45, 2.75) is 19.4 Å². The number of carbonyl (C=O) groups is 1. The van der Waals surface area contributed by atoms with Gasteiger partial charge in [0.25, 0.3) is 0 Å². The van der Waals surface area contributed by atoms with Crippen molar-refractivity contribution < 1.29 is 9.90 Å². The standard InChI is InChI=1S/C8H12N4O2/c1-5-7(8(13)14)10-11-12(5)6-2-3-9-4-6/h6,9H,2-4H2,1H3,(H,13,14). The van der Waals surface area contributed by atoms with Crippen LogP contribution in [0.1, 0.15) is 28.6 Å². The Morgan fingerprint density at radius 2 is 2.50 bits per heavy atom. The van der Waals surface area contributed by atoms with Gasteiger partial charge in [-0.15, -0.1) is 5.10 Å². The molecule has 0 radical (unpaired) electrons. The van der Waals surface area contributed by atoms with E-state index in [2.05, 4.69) is 15.6 Å². The normalized spacial score (nSPS) is 21.4. The Morgan fingerprint density at radius 3 is 3.00 bits per heavy atom. The molecule has 1 unspecified atom stereocenters. The van der Waals surface area contributed by atoms with E-state index in [-0.39, 0.29) is 11.7 Å². The number of carboxylic acids is 1. The first kappa shape index (κ1) is 9.14. The smallest absolute Gasteiger partial charge is 0.358 e. The molecule has 1 saturated heterocycles. The van der Waals surface area contributed by atoms with E-state index in [0.717, 1.165) is 19.5 Å². The Labute approximate surface area is 80.9 Å². The molecule has 0 aliphatic carbocycles. The molecule has 1 aromatic rings. The first-order valence-electron chi connectivity index (χ1n) is 4.56. The second kappa shape index (κ2) is 3.38. The average molecular weight is 196 g/mol. The number of aromatic nitrogens is 3. The Bertz CT molecular complexity index is 354. The predicted molar refractivity (Wildman–Crippen MR) is 48.2 cm³/mol. The maximum atomic E-state index is 10.7. The molecule has 0 amide bonds. The van der Waals surface area contributed by atoms with E-state index in [1.165, 1.54) is 0 Å². The van der Waals surface area contributed by atoms with Gasteiger partial charge in [-0.3, -0.25) is 0 Å². The summed E-state index contributed by atoms with van der Waals surface area (Å²) in [6.07, 6.45) is 0.975. The highest BCUT2D eigenvalue weighted by atomic mass is 16.4. The van der Waals surface area contributed by atoms with E-state index in [1.807, 2.05) is 0 Å². The zero-order valence-corrected chi connectivity index (χ0v) is 7.90. The topological polar surface area (TPSA) is 80.0 Å². The second-order valence-electron chi connectivity index (χ2n) is 3.42. The van der Waals surface area contributed by atoms with Gasteiger partial charge in [0, 0.05) is 6.54 Å². The molecule has 6 heteroatoms. The third kappa shape index (κ3) is 1.37. The molecule has 0 aromatic carbocycles. The highest BCUT2D eigenvalue weighted by Crippen LogP contribution is 2.17. The van der Waals surface area contributed by atoms with Crippen LogP contribution in [-0.4, -0.2) is 39.2 Å². The van der Waals surface area contributed by atoms with Gasteiger partial charge in [-0.2, -0.15) is 0 Å². The van der Waals surface area contributed by atoms with Gasteiger partial charge in [-0.1, -0.05) is 5.21 Å². The number of nitrogens with zero attached hydrogens (tertiary/aromatic N) is 3. The molecule has 76 valence electrons. The zero-order valence-electron chi connectivity index (χ0n) is 7.90. The summed E-state index contributed by atoms with van der Waals surface area (Å²) in [4.78, 5) is 10.7. The number of hydrogen-bond donors (Lipinski definition) is 2. The quantitative estimate of drug-likeness (QED) is 0.685. The average Bonchev–Trinajstić information content (AvgIpc) is 2.71. The summed E-state index contributed by atoms with van der Waals surface area (Å²) >= 11 is 0. The van der Waals surface area contributed by atoms with Crippen molar-refractivity contribution in [1.82, 2.24) is 20.3 Å². The summed E-state index contributed by atoms with van der Waals surface area (Å²) in [5.74, 6) is -1.01. The first-order valence-corrected chi connectivity index (χ1v) is 4.56. The van der Waals surface area contributed by atoms with Crippen LogP contribution in [0, 0.1) is 6.92 Å². The molecule has 1 atom stereocenters. The monoisotopic (exact) mass is 196 g/mol. The van der Waals surface area contributed by atoms with E-state index >= 15 is 0 Å². The van der Waals surface area contributed by atoms with Crippen LogP contribution in [0.3, 0.4) is 0 Å². The van der Waals surface area contributed by atoms with Crippen molar-refractivity contribution in [2.24, 2.45) is 0 Å². The van der Waals surface area contributed by atoms with Gasteiger partial charge in [-0.25, -0.2) is 9.48 Å². The third-order valence-corrected chi connectivity index (χ3v) is 2.51. The molecule has 6 nitrogen and oxygen atoms in total. The van der Waals surface area contributed by atoms with Crippen LogP contribution in [0.4, 0.5) is 0 Å². The number of hydrogen-bond acceptors (Lipinski definition) is 4. The lowest BCUT2D eigenvalue weighted by molar-refractivity contribution is 0.0689. The van der Waals surface area contributed by atoms with Crippen LogP contribution in [0.2, 0.25) is 0 Å². The van der Waals surface area contributed by atoms with Gasteiger partial charge in [0.1, 0.15) is 0 Å². The molecule has 2 rings (SSSR count). The molecular weight excluding hydrogens is 184 g/mol. The summed E-state index contributed by atoms with van der Waals surface area (Å²) in [5, 5.41) is 19.5. The van der Waals surface area contributed by atoms with E-state index in [1.54, 1.807) is 11.6 Å². The van der Waals surface area contributed by atoms with Crippen LogP contribution in [0.25, 0.3) is 0 Å². The van der Waals surface area contributed by atoms with Crippen molar-refractivity contribution in [2.75, 3.05) is 13.1 Å². The van der Waals surface area contributed by atoms with Gasteiger partial charge >= 0.3 is 5.97 Å². The van der Waals surface area contributed by atoms with E-state index < -0.39 is 5.97 Å². The van der Waals surface area contributed by atoms with Gasteiger partial charge in [0.2, 0.25) is 0 Å². The van der Waals surface area contributed by atoms with Crippen molar-refractivity contribution in [3.05, 3.63) is 11.4 Å². The van der Waals surface area contributed by atoms with Gasteiger partial charge in [0.15, 0.2) is 5.69 Å². The molecule has 2 heterocycles. The summed E-state index contributed by atoms with van der Waals surface area (Å²) in [7, 11) is 0. The molecule has 14 heavy (non-hydrogen) atoms. The van der Waals surface area contributed by atoms with Gasteiger partial charge < -0.3 is 10.4 Å². The van der Waals surface area contributed by atoms with Gasteiger partial charge in [-0.05, 0) is 19.9 Å². The fraction of sp³-hybridized carbons (Fsp3) is 0.625. The zero-order chi connectivity index (χ0) is 10.1. The summed E-state index contributed by atoms with van der Waals surface area (Å²) in [6, 6.07) is 0.246. The van der Waals surface area contributed by atoms with E-state index in [4.69, 9.17) is 5.11 Å². The van der Waals surface area contributed by atoms with Crippen molar-refractivity contribution >= 4 is 5.97 Å². The third-order valence-electron chi connectivity index (χ3n) is 2.51. The van der Waals surface area contributed by atoms with Crippen LogP contribution < -0.4 is 5.32 Å². The van der Waals surface area contributed by atoms with Crippen LogP contribution in [0.5, 0.6) is 0 Å². The summed E-state index contributed by atoms with van der Waals surface area (Å²) < 4.78 is 1.70. The van der Waals surface area contributed by atoms with E-state index in [9.17, 15) is 4.79 Å². The molecule has 2 N–H and O–H groups in total. The molecule has 0 spiro atoms. The molecule has 1 aliphatic rings. The largest absolute Gasteiger partial charge is 0.476 e. The first-order chi connectivity index (χ1) is 6.70. The highest BCUT2D eigenvalue weighted by molar-refractivity contribution is 5.86.